The third kappa shape index (κ3) is 9.45. The van der Waals surface area contributed by atoms with E-state index in [1.54, 1.807) is 48.5 Å². The van der Waals surface area contributed by atoms with E-state index < -0.39 is 24.3 Å². The van der Waals surface area contributed by atoms with Crippen LogP contribution in [0.5, 0.6) is 11.5 Å². The van der Waals surface area contributed by atoms with E-state index in [4.69, 9.17) is 24.2 Å². The van der Waals surface area contributed by atoms with E-state index in [0.29, 0.717) is 30.4 Å². The van der Waals surface area contributed by atoms with Crippen molar-refractivity contribution in [2.75, 3.05) is 13.1 Å². The lowest BCUT2D eigenvalue weighted by Crippen LogP contribution is -2.51. The van der Waals surface area contributed by atoms with Gasteiger partial charge in [-0.2, -0.15) is 0 Å². The van der Waals surface area contributed by atoms with Gasteiger partial charge >= 0.3 is 12.2 Å². The van der Waals surface area contributed by atoms with Crippen LogP contribution in [-0.4, -0.2) is 78.9 Å². The Hall–Kier alpha value is -7.78. The zero-order chi connectivity index (χ0) is 50.3. The van der Waals surface area contributed by atoms with Crippen LogP contribution in [0.15, 0.2) is 121 Å². The predicted molar refractivity (Wildman–Crippen MR) is 276 cm³/mol. The van der Waals surface area contributed by atoms with Crippen LogP contribution in [0.25, 0.3) is 44.5 Å². The van der Waals surface area contributed by atoms with Gasteiger partial charge in [0.25, 0.3) is 0 Å². The molecule has 374 valence electrons. The van der Waals surface area contributed by atoms with Crippen LogP contribution in [0, 0.1) is 11.8 Å². The quantitative estimate of drug-likeness (QED) is 0.0873. The van der Waals surface area contributed by atoms with Crippen molar-refractivity contribution >= 4 is 35.0 Å². The molecule has 4 aliphatic heterocycles. The van der Waals surface area contributed by atoms with Gasteiger partial charge in [0.2, 0.25) is 11.8 Å². The maximum Gasteiger partial charge on any atom is 0.413 e. The minimum atomic E-state index is -0.763. The average molecular weight is 981 g/mol. The molecule has 15 nitrogen and oxygen atoms in total. The number of para-hydroxylation sites is 2. The van der Waals surface area contributed by atoms with Gasteiger partial charge in [0, 0.05) is 13.1 Å². The molecule has 3 saturated heterocycles. The summed E-state index contributed by atoms with van der Waals surface area (Å²) in [5.41, 5.74) is 10.5. The molecule has 3 fully saturated rings. The lowest BCUT2D eigenvalue weighted by atomic mass is 9.81. The lowest BCUT2D eigenvalue weighted by Gasteiger charge is -2.30. The smallest absolute Gasteiger partial charge is 0.410 e. The molecule has 73 heavy (non-hydrogen) atoms. The lowest BCUT2D eigenvalue weighted by molar-refractivity contribution is -0.136. The van der Waals surface area contributed by atoms with E-state index in [-0.39, 0.29) is 47.9 Å². The van der Waals surface area contributed by atoms with Crippen molar-refractivity contribution in [2.24, 2.45) is 11.8 Å². The Bertz CT molecular complexity index is 3170. The van der Waals surface area contributed by atoms with Gasteiger partial charge in [0.05, 0.1) is 47.2 Å². The van der Waals surface area contributed by atoms with E-state index in [0.717, 1.165) is 88.9 Å². The van der Waals surface area contributed by atoms with Gasteiger partial charge in [-0.25, -0.2) is 19.6 Å². The van der Waals surface area contributed by atoms with Crippen molar-refractivity contribution in [3.05, 3.63) is 144 Å². The highest BCUT2D eigenvalue weighted by atomic mass is 16.6. The van der Waals surface area contributed by atoms with Gasteiger partial charge in [-0.1, -0.05) is 107 Å². The summed E-state index contributed by atoms with van der Waals surface area (Å²) in [6.07, 6.45) is 5.62. The van der Waals surface area contributed by atoms with E-state index in [9.17, 15) is 19.2 Å². The molecule has 0 spiro atoms. The van der Waals surface area contributed by atoms with Gasteiger partial charge < -0.3 is 44.6 Å². The molecule has 5 aromatic carbocycles. The maximum absolute atomic E-state index is 14.1. The number of rotatable bonds is 13. The number of ether oxygens (including phenoxy) is 3. The Labute approximate surface area is 424 Å². The minimum absolute atomic E-state index is 0.00736. The summed E-state index contributed by atoms with van der Waals surface area (Å²) in [6, 6.07) is 34.9. The zero-order valence-corrected chi connectivity index (χ0v) is 41.5. The summed E-state index contributed by atoms with van der Waals surface area (Å²) in [7, 11) is 0. The van der Waals surface area contributed by atoms with Gasteiger partial charge in [-0.15, -0.1) is 0 Å². The normalized spacial score (nSPS) is 19.9. The molecule has 2 bridgehead atoms. The number of H-pyrrole nitrogens is 2. The number of aromatic nitrogens is 4. The molecule has 0 saturated carbocycles. The number of aromatic amines is 2. The molecule has 6 atom stereocenters. The molecule has 4 amide bonds. The molecule has 2 unspecified atom stereocenters. The summed E-state index contributed by atoms with van der Waals surface area (Å²) in [5.74, 6) is 1.63. The van der Waals surface area contributed by atoms with Gasteiger partial charge in [0.1, 0.15) is 35.2 Å². The fourth-order valence-corrected chi connectivity index (χ4v) is 11.3. The molecule has 6 heterocycles. The van der Waals surface area contributed by atoms with Crippen LogP contribution in [0.4, 0.5) is 9.59 Å². The third-order valence-electron chi connectivity index (χ3n) is 14.9. The summed E-state index contributed by atoms with van der Waals surface area (Å²) < 4.78 is 17.6. The first-order valence-electron chi connectivity index (χ1n) is 25.6. The standard InChI is InChI=1S/C58H60N8O7/c1-33(2)51(63-57(69)71-38-13-7-5-8-14-38)55(67)65-29-11-17-45(65)53-59-32-44(62-53)36-21-19-35(20-22-36)40-24-25-41(50-48-28-27-47(73-48)49(40)50)37-23-26-42-43(31-37)61-54(60-42)46-18-12-30-66(46)56(68)52(34(3)4)64-58(70)72-39-15-9-6-10-16-39/h5-10,13-16,19-26,31-34,45-48,51-52H,11-12,17-18,27-30H2,1-4H3,(H,59,62)(H,60,61)(H,63,69)(H,64,70)/t45-,46-,47?,48?,51-,52-/m0/s1. The Kier molecular flexibility index (Phi) is 13.0. The second-order valence-electron chi connectivity index (χ2n) is 20.3. The highest BCUT2D eigenvalue weighted by molar-refractivity contribution is 5.89. The average Bonchev–Trinajstić information content (AvgIpc) is 4.27. The molecule has 11 rings (SSSR count). The van der Waals surface area contributed by atoms with E-state index in [2.05, 4.69) is 69.1 Å². The van der Waals surface area contributed by atoms with Crippen LogP contribution in [0.1, 0.15) is 113 Å². The minimum Gasteiger partial charge on any atom is -0.410 e. The van der Waals surface area contributed by atoms with E-state index in [1.807, 2.05) is 61.9 Å². The van der Waals surface area contributed by atoms with Crippen molar-refractivity contribution in [3.63, 3.8) is 0 Å². The fraction of sp³-hybridized carbons (Fsp3) is 0.345. The molecule has 4 N–H and O–H groups in total. The number of fused-ring (bicyclic) bond motifs is 6. The van der Waals surface area contributed by atoms with Crippen LogP contribution < -0.4 is 20.1 Å². The largest absolute Gasteiger partial charge is 0.413 e. The summed E-state index contributed by atoms with van der Waals surface area (Å²) in [4.78, 5) is 74.5. The molecule has 7 aromatic rings. The van der Waals surface area contributed by atoms with E-state index >= 15 is 0 Å². The topological polar surface area (TPSA) is 184 Å². The number of nitrogens with one attached hydrogen (secondary N) is 4. The molecular formula is C58H60N8O7. The van der Waals surface area contributed by atoms with Crippen LogP contribution in [0.3, 0.4) is 0 Å². The number of benzene rings is 5. The number of amides is 4. The first kappa shape index (κ1) is 47.5. The first-order chi connectivity index (χ1) is 35.5. The van der Waals surface area contributed by atoms with Crippen LogP contribution in [0.2, 0.25) is 0 Å². The molecule has 0 aliphatic carbocycles. The Morgan fingerprint density at radius 1 is 0.603 bits per heavy atom. The summed E-state index contributed by atoms with van der Waals surface area (Å²) in [5, 5.41) is 5.65. The van der Waals surface area contributed by atoms with Crippen molar-refractivity contribution in [3.8, 4) is 45.0 Å². The Morgan fingerprint density at radius 2 is 1.11 bits per heavy atom. The van der Waals surface area contributed by atoms with Crippen LogP contribution >= 0.6 is 0 Å². The maximum atomic E-state index is 14.1. The number of hydrogen-bond donors (Lipinski definition) is 4. The van der Waals surface area contributed by atoms with Gasteiger partial charge in [-0.3, -0.25) is 9.59 Å². The van der Waals surface area contributed by atoms with Crippen LogP contribution in [-0.2, 0) is 14.3 Å². The fourth-order valence-electron chi connectivity index (χ4n) is 11.3. The molecule has 15 heteroatoms. The number of likely N-dealkylation sites (tertiary alicyclic amines) is 2. The second kappa shape index (κ2) is 20.0. The SMILES string of the molecule is CC(C)[C@H](NC(=O)Oc1ccccc1)C(=O)N1CCC[C@H]1c1ncc(-c2ccc(-c3ccc(-c4ccc5nc([C@@H]6CCCN6C(=O)[C@@H](NC(=O)Oc6ccccc6)C(C)C)[nH]c5c4)c4c3C3CCC4O3)cc2)[nH]1. The molecule has 4 aliphatic rings. The zero-order valence-electron chi connectivity index (χ0n) is 41.5. The second-order valence-corrected chi connectivity index (χ2v) is 20.3. The highest BCUT2D eigenvalue weighted by Crippen LogP contribution is 2.56. The van der Waals surface area contributed by atoms with Gasteiger partial charge in [0.15, 0.2) is 0 Å². The molecule has 0 radical (unpaired) electrons. The van der Waals surface area contributed by atoms with Crippen molar-refractivity contribution in [1.82, 2.24) is 40.4 Å². The summed E-state index contributed by atoms with van der Waals surface area (Å²) >= 11 is 0. The number of hydrogen-bond acceptors (Lipinski definition) is 9. The first-order valence-corrected chi connectivity index (χ1v) is 25.6. The van der Waals surface area contributed by atoms with Gasteiger partial charge in [-0.05, 0) is 126 Å². The van der Waals surface area contributed by atoms with Crippen molar-refractivity contribution in [1.29, 1.82) is 0 Å². The number of nitrogens with zero attached hydrogens (tertiary/aromatic N) is 4. The summed E-state index contributed by atoms with van der Waals surface area (Å²) in [6.45, 7) is 8.81. The molecule has 2 aromatic heterocycles. The number of carbonyl (C=O) groups excluding carboxylic acids is 4. The number of imidazole rings is 2. The van der Waals surface area contributed by atoms with Crippen molar-refractivity contribution in [2.45, 2.75) is 103 Å². The highest BCUT2D eigenvalue weighted by Gasteiger charge is 2.43. The predicted octanol–water partition coefficient (Wildman–Crippen LogP) is 11.1. The van der Waals surface area contributed by atoms with Crippen molar-refractivity contribution < 1.29 is 33.4 Å². The Morgan fingerprint density at radius 3 is 1.66 bits per heavy atom. The number of carbonyl (C=O) groups is 4. The molecular weight excluding hydrogens is 921 g/mol. The third-order valence-corrected chi connectivity index (χ3v) is 14.9. The Balaban J connectivity index is 0.792. The van der Waals surface area contributed by atoms with E-state index in [1.165, 1.54) is 11.1 Å². The monoisotopic (exact) mass is 980 g/mol.